The van der Waals surface area contributed by atoms with Gasteiger partial charge in [-0.2, -0.15) is 0 Å². The number of anilines is 1. The van der Waals surface area contributed by atoms with E-state index in [2.05, 4.69) is 35.8 Å². The number of nitrogens with zero attached hydrogens (tertiary/aromatic N) is 4. The third-order valence-electron chi connectivity index (χ3n) is 3.12. The summed E-state index contributed by atoms with van der Waals surface area (Å²) < 4.78 is 6.84. The summed E-state index contributed by atoms with van der Waals surface area (Å²) in [7, 11) is 0. The maximum absolute atomic E-state index is 6.11. The monoisotopic (exact) mass is 354 g/mol. The van der Waals surface area contributed by atoms with E-state index in [1.54, 1.807) is 18.6 Å². The third-order valence-corrected chi connectivity index (χ3v) is 3.98. The number of halogens is 2. The quantitative estimate of drug-likeness (QED) is 0.847. The summed E-state index contributed by atoms with van der Waals surface area (Å²) in [4.78, 5) is 14.3. The number of rotatable bonds is 3. The van der Waals surface area contributed by atoms with Crippen LogP contribution in [-0.2, 0) is 0 Å². The molecule has 1 aliphatic heterocycles. The van der Waals surface area contributed by atoms with Crippen LogP contribution in [0.5, 0.6) is 5.75 Å². The van der Waals surface area contributed by atoms with Crippen molar-refractivity contribution in [3.05, 3.63) is 40.5 Å². The molecule has 0 aliphatic carbocycles. The van der Waals surface area contributed by atoms with E-state index >= 15 is 0 Å². The average Bonchev–Trinajstić information content (AvgIpc) is 2.90. The third kappa shape index (κ3) is 2.86. The van der Waals surface area contributed by atoms with E-state index in [-0.39, 0.29) is 6.10 Å². The van der Waals surface area contributed by atoms with Gasteiger partial charge in [-0.25, -0.2) is 9.97 Å². The van der Waals surface area contributed by atoms with E-state index in [0.29, 0.717) is 5.02 Å². The van der Waals surface area contributed by atoms with Crippen molar-refractivity contribution >= 4 is 33.3 Å². The summed E-state index contributed by atoms with van der Waals surface area (Å²) in [5.74, 6) is 1.57. The maximum Gasteiger partial charge on any atom is 0.150 e. The Bertz CT molecular complexity index is 612. The molecule has 1 saturated heterocycles. The van der Waals surface area contributed by atoms with Crippen LogP contribution in [-0.4, -0.2) is 34.1 Å². The molecule has 20 heavy (non-hydrogen) atoms. The first kappa shape index (κ1) is 13.6. The molecule has 104 valence electrons. The minimum atomic E-state index is 0.111. The van der Waals surface area contributed by atoms with Gasteiger partial charge in [-0.3, -0.25) is 4.98 Å². The highest BCUT2D eigenvalue weighted by Gasteiger charge is 2.26. The van der Waals surface area contributed by atoms with E-state index in [0.717, 1.165) is 35.6 Å². The lowest BCUT2D eigenvalue weighted by atomic mass is 10.3. The summed E-state index contributed by atoms with van der Waals surface area (Å²) in [6.07, 6.45) is 7.60. The largest absolute Gasteiger partial charge is 0.487 e. The molecule has 7 heteroatoms. The number of hydrogen-bond donors (Lipinski definition) is 0. The van der Waals surface area contributed by atoms with Crippen LogP contribution in [0.1, 0.15) is 6.42 Å². The van der Waals surface area contributed by atoms with E-state index in [4.69, 9.17) is 16.3 Å². The van der Waals surface area contributed by atoms with Gasteiger partial charge in [-0.05, 0) is 22.0 Å². The van der Waals surface area contributed by atoms with Crippen LogP contribution in [0.4, 0.5) is 5.82 Å². The molecule has 2 aromatic rings. The molecular formula is C13H12BrClN4O. The molecule has 3 heterocycles. The van der Waals surface area contributed by atoms with Gasteiger partial charge in [0.1, 0.15) is 23.2 Å². The van der Waals surface area contributed by atoms with Crippen molar-refractivity contribution in [1.82, 2.24) is 15.0 Å². The topological polar surface area (TPSA) is 51.1 Å². The maximum atomic E-state index is 6.11. The van der Waals surface area contributed by atoms with Gasteiger partial charge >= 0.3 is 0 Å². The minimum Gasteiger partial charge on any atom is -0.487 e. The minimum absolute atomic E-state index is 0.111. The molecule has 0 saturated carbocycles. The predicted molar refractivity (Wildman–Crippen MR) is 80.2 cm³/mol. The van der Waals surface area contributed by atoms with Crippen molar-refractivity contribution in [2.45, 2.75) is 12.5 Å². The SMILES string of the molecule is Clc1cncnc1N1CCC(Oc2ccncc2Br)C1. The highest BCUT2D eigenvalue weighted by Crippen LogP contribution is 2.29. The molecule has 1 fully saturated rings. The molecule has 2 aromatic heterocycles. The number of ether oxygens (including phenoxy) is 1. The van der Waals surface area contributed by atoms with Gasteiger partial charge in [0.25, 0.3) is 0 Å². The van der Waals surface area contributed by atoms with E-state index in [9.17, 15) is 0 Å². The summed E-state index contributed by atoms with van der Waals surface area (Å²) >= 11 is 9.55. The predicted octanol–water partition coefficient (Wildman–Crippen LogP) is 2.95. The fourth-order valence-corrected chi connectivity index (χ4v) is 2.76. The molecule has 0 aromatic carbocycles. The molecular weight excluding hydrogens is 344 g/mol. The lowest BCUT2D eigenvalue weighted by Gasteiger charge is -2.18. The van der Waals surface area contributed by atoms with Crippen molar-refractivity contribution < 1.29 is 4.74 Å². The highest BCUT2D eigenvalue weighted by molar-refractivity contribution is 9.10. The standard InChI is InChI=1S/C13H12BrClN4O/c14-10-5-16-3-1-12(10)20-9-2-4-19(7-9)13-11(15)6-17-8-18-13/h1,3,5-6,8-9H,2,4,7H2. The van der Waals surface area contributed by atoms with E-state index in [1.165, 1.54) is 6.33 Å². The van der Waals surface area contributed by atoms with Gasteiger partial charge in [0, 0.05) is 25.4 Å². The van der Waals surface area contributed by atoms with Gasteiger partial charge in [0.05, 0.1) is 17.2 Å². The number of hydrogen-bond acceptors (Lipinski definition) is 5. The second-order valence-electron chi connectivity index (χ2n) is 4.47. The molecule has 0 N–H and O–H groups in total. The Morgan fingerprint density at radius 3 is 3.05 bits per heavy atom. The smallest absolute Gasteiger partial charge is 0.150 e. The summed E-state index contributed by atoms with van der Waals surface area (Å²) in [5.41, 5.74) is 0. The van der Waals surface area contributed by atoms with Crippen LogP contribution in [0.15, 0.2) is 35.5 Å². The molecule has 1 atom stereocenters. The lowest BCUT2D eigenvalue weighted by molar-refractivity contribution is 0.223. The Kier molecular flexibility index (Phi) is 4.03. The van der Waals surface area contributed by atoms with Crippen molar-refractivity contribution in [3.8, 4) is 5.75 Å². The molecule has 1 unspecified atom stereocenters. The van der Waals surface area contributed by atoms with Crippen molar-refractivity contribution in [2.75, 3.05) is 18.0 Å². The molecule has 0 bridgehead atoms. The molecule has 0 radical (unpaired) electrons. The Balaban J connectivity index is 1.69. The van der Waals surface area contributed by atoms with Gasteiger partial charge in [-0.15, -0.1) is 0 Å². The molecule has 0 spiro atoms. The van der Waals surface area contributed by atoms with Gasteiger partial charge in [0.15, 0.2) is 5.82 Å². The summed E-state index contributed by atoms with van der Waals surface area (Å²) in [6.45, 7) is 1.62. The van der Waals surface area contributed by atoms with Crippen LogP contribution >= 0.6 is 27.5 Å². The van der Waals surface area contributed by atoms with Crippen LogP contribution in [0.3, 0.4) is 0 Å². The first-order valence-electron chi connectivity index (χ1n) is 6.20. The Morgan fingerprint density at radius 2 is 2.25 bits per heavy atom. The first-order valence-corrected chi connectivity index (χ1v) is 7.38. The fraction of sp³-hybridized carbons (Fsp3) is 0.308. The summed E-state index contributed by atoms with van der Waals surface area (Å²) in [5, 5.41) is 0.568. The van der Waals surface area contributed by atoms with Crippen molar-refractivity contribution in [3.63, 3.8) is 0 Å². The van der Waals surface area contributed by atoms with Gasteiger partial charge in [0.2, 0.25) is 0 Å². The Hall–Kier alpha value is -1.40. The van der Waals surface area contributed by atoms with Crippen LogP contribution in [0.25, 0.3) is 0 Å². The lowest BCUT2D eigenvalue weighted by Crippen LogP contribution is -2.25. The van der Waals surface area contributed by atoms with Gasteiger partial charge in [-0.1, -0.05) is 11.6 Å². The molecule has 5 nitrogen and oxygen atoms in total. The second kappa shape index (κ2) is 5.93. The van der Waals surface area contributed by atoms with Crippen molar-refractivity contribution in [2.24, 2.45) is 0 Å². The molecule has 1 aliphatic rings. The normalized spacial score (nSPS) is 18.3. The zero-order valence-electron chi connectivity index (χ0n) is 10.5. The van der Waals surface area contributed by atoms with Crippen LogP contribution < -0.4 is 9.64 Å². The van der Waals surface area contributed by atoms with Gasteiger partial charge < -0.3 is 9.64 Å². The van der Waals surface area contributed by atoms with Crippen LogP contribution in [0.2, 0.25) is 5.02 Å². The first-order chi connectivity index (χ1) is 9.74. The fourth-order valence-electron chi connectivity index (χ4n) is 2.19. The Morgan fingerprint density at radius 1 is 1.35 bits per heavy atom. The molecule has 3 rings (SSSR count). The zero-order valence-corrected chi connectivity index (χ0v) is 12.9. The Labute approximate surface area is 130 Å². The number of aromatic nitrogens is 3. The molecule has 0 amide bonds. The van der Waals surface area contributed by atoms with E-state index < -0.39 is 0 Å². The van der Waals surface area contributed by atoms with E-state index in [1.807, 2.05) is 6.07 Å². The zero-order chi connectivity index (χ0) is 13.9. The average molecular weight is 356 g/mol. The number of pyridine rings is 1. The highest BCUT2D eigenvalue weighted by atomic mass is 79.9. The van der Waals surface area contributed by atoms with Crippen LogP contribution in [0, 0.1) is 0 Å². The summed E-state index contributed by atoms with van der Waals surface area (Å²) in [6, 6.07) is 1.85. The second-order valence-corrected chi connectivity index (χ2v) is 5.74. The van der Waals surface area contributed by atoms with Crippen molar-refractivity contribution in [1.29, 1.82) is 0 Å².